The zero-order chi connectivity index (χ0) is 21.8. The molecule has 9 unspecified atom stereocenters. The number of benzene rings is 1. The largest absolute Gasteiger partial charge is 0.378 e. The highest BCUT2D eigenvalue weighted by atomic mass is 19.1. The van der Waals surface area contributed by atoms with Crippen molar-refractivity contribution in [2.75, 3.05) is 11.9 Å². The number of carbonyl (C=O) groups is 1. The van der Waals surface area contributed by atoms with Crippen molar-refractivity contribution in [1.82, 2.24) is 0 Å². The molecule has 0 heterocycles. The number of Topliss-reactive ketones (excluding diaryl/α,β-unsaturated/α-hetero) is 1. The number of hydrogen-bond acceptors (Lipinski definition) is 2. The smallest absolute Gasteiger partial charge is 0.155 e. The lowest BCUT2D eigenvalue weighted by molar-refractivity contribution is -0.130. The molecule has 0 radical (unpaired) electrons. The molecule has 0 aromatic heterocycles. The molecule has 9 atom stereocenters. The molecule has 2 nitrogen and oxygen atoms in total. The summed E-state index contributed by atoms with van der Waals surface area (Å²) in [6.07, 6.45) is 11.0. The molecule has 3 heteroatoms. The van der Waals surface area contributed by atoms with Crippen molar-refractivity contribution in [1.29, 1.82) is 0 Å². The molecule has 170 valence electrons. The number of ketones is 1. The maximum absolute atomic E-state index is 13.4. The first kappa shape index (κ1) is 21.5. The van der Waals surface area contributed by atoms with Crippen LogP contribution < -0.4 is 5.32 Å². The van der Waals surface area contributed by atoms with E-state index >= 15 is 0 Å². The molecule has 1 N–H and O–H groups in total. The first-order valence-corrected chi connectivity index (χ1v) is 12.9. The highest BCUT2D eigenvalue weighted by Crippen LogP contribution is 2.65. The summed E-state index contributed by atoms with van der Waals surface area (Å²) in [7, 11) is 0. The van der Waals surface area contributed by atoms with E-state index < -0.39 is 0 Å². The van der Waals surface area contributed by atoms with Crippen LogP contribution in [0.3, 0.4) is 0 Å². The molecule has 0 spiro atoms. The highest BCUT2D eigenvalue weighted by Gasteiger charge is 2.60. The van der Waals surface area contributed by atoms with E-state index in [2.05, 4.69) is 26.1 Å². The molecule has 5 rings (SSSR count). The fourth-order valence-corrected chi connectivity index (χ4v) is 9.00. The first-order valence-electron chi connectivity index (χ1n) is 12.9. The van der Waals surface area contributed by atoms with Crippen molar-refractivity contribution in [2.45, 2.75) is 72.1 Å². The van der Waals surface area contributed by atoms with Crippen LogP contribution in [-0.4, -0.2) is 12.3 Å². The average Bonchev–Trinajstić information content (AvgIpc) is 3.03. The minimum Gasteiger partial charge on any atom is -0.378 e. The Balaban J connectivity index is 1.29. The SMILES string of the molecule is CC1CCC2C(CCC3C2CCC2(C)C3CC(C)C2C(=O)CNc2ccc(F)cc2)C1. The third kappa shape index (κ3) is 3.74. The van der Waals surface area contributed by atoms with Crippen molar-refractivity contribution in [3.63, 3.8) is 0 Å². The van der Waals surface area contributed by atoms with E-state index in [1.165, 1.54) is 63.5 Å². The topological polar surface area (TPSA) is 29.1 Å². The van der Waals surface area contributed by atoms with Crippen LogP contribution in [0.25, 0.3) is 0 Å². The maximum Gasteiger partial charge on any atom is 0.155 e. The zero-order valence-corrected chi connectivity index (χ0v) is 19.6. The molecular weight excluding hydrogens is 385 g/mol. The van der Waals surface area contributed by atoms with Gasteiger partial charge in [-0.2, -0.15) is 0 Å². The molecule has 0 aliphatic heterocycles. The van der Waals surface area contributed by atoms with E-state index in [0.29, 0.717) is 18.2 Å². The van der Waals surface area contributed by atoms with Crippen LogP contribution in [0, 0.1) is 58.6 Å². The molecule has 0 saturated heterocycles. The van der Waals surface area contributed by atoms with Crippen LogP contribution in [0.5, 0.6) is 0 Å². The summed E-state index contributed by atoms with van der Waals surface area (Å²) in [4.78, 5) is 13.4. The Kier molecular flexibility index (Phi) is 5.67. The van der Waals surface area contributed by atoms with E-state index in [-0.39, 0.29) is 17.2 Å². The number of anilines is 1. The fourth-order valence-electron chi connectivity index (χ4n) is 9.00. The zero-order valence-electron chi connectivity index (χ0n) is 19.6. The summed E-state index contributed by atoms with van der Waals surface area (Å²) in [5.74, 6) is 6.11. The summed E-state index contributed by atoms with van der Waals surface area (Å²) in [5.41, 5.74) is 0.993. The van der Waals surface area contributed by atoms with Gasteiger partial charge in [0.1, 0.15) is 5.82 Å². The van der Waals surface area contributed by atoms with Gasteiger partial charge in [-0.3, -0.25) is 4.79 Å². The predicted octanol–water partition coefficient (Wildman–Crippen LogP) is 6.96. The Bertz CT molecular complexity index is 806. The van der Waals surface area contributed by atoms with Gasteiger partial charge < -0.3 is 5.32 Å². The summed E-state index contributed by atoms with van der Waals surface area (Å²) < 4.78 is 13.2. The number of halogens is 1. The van der Waals surface area contributed by atoms with Crippen molar-refractivity contribution < 1.29 is 9.18 Å². The first-order chi connectivity index (χ1) is 14.9. The van der Waals surface area contributed by atoms with Gasteiger partial charge in [0, 0.05) is 11.6 Å². The second-order valence-electron chi connectivity index (χ2n) is 11.9. The summed E-state index contributed by atoms with van der Waals surface area (Å²) >= 11 is 0. The average molecular weight is 426 g/mol. The van der Waals surface area contributed by atoms with Gasteiger partial charge >= 0.3 is 0 Å². The Morgan fingerprint density at radius 3 is 2.52 bits per heavy atom. The number of carbonyl (C=O) groups excluding carboxylic acids is 1. The Morgan fingerprint density at radius 1 is 1.00 bits per heavy atom. The van der Waals surface area contributed by atoms with Gasteiger partial charge in [0.2, 0.25) is 0 Å². The maximum atomic E-state index is 13.4. The monoisotopic (exact) mass is 425 g/mol. The van der Waals surface area contributed by atoms with E-state index in [1.807, 2.05) is 0 Å². The van der Waals surface area contributed by atoms with Gasteiger partial charge in [0.05, 0.1) is 6.54 Å². The van der Waals surface area contributed by atoms with Crippen molar-refractivity contribution in [3.05, 3.63) is 30.1 Å². The van der Waals surface area contributed by atoms with Crippen molar-refractivity contribution in [3.8, 4) is 0 Å². The summed E-state index contributed by atoms with van der Waals surface area (Å²) in [6.45, 7) is 7.59. The van der Waals surface area contributed by atoms with Crippen LogP contribution in [0.2, 0.25) is 0 Å². The molecule has 0 bridgehead atoms. The van der Waals surface area contributed by atoms with Crippen LogP contribution in [0.15, 0.2) is 24.3 Å². The fraction of sp³-hybridized carbons (Fsp3) is 0.750. The lowest BCUT2D eigenvalue weighted by Crippen LogP contribution is -2.49. The molecule has 1 aromatic carbocycles. The van der Waals surface area contributed by atoms with Crippen LogP contribution in [-0.2, 0) is 4.79 Å². The molecule has 4 saturated carbocycles. The van der Waals surface area contributed by atoms with Gasteiger partial charge in [0.15, 0.2) is 5.78 Å². The number of rotatable bonds is 4. The normalized spacial score (nSPS) is 44.1. The minimum absolute atomic E-state index is 0.162. The molecule has 4 aliphatic carbocycles. The van der Waals surface area contributed by atoms with Crippen molar-refractivity contribution >= 4 is 11.5 Å². The van der Waals surface area contributed by atoms with E-state index in [9.17, 15) is 9.18 Å². The summed E-state index contributed by atoms with van der Waals surface area (Å²) in [5, 5.41) is 3.26. The van der Waals surface area contributed by atoms with Gasteiger partial charge in [-0.05, 0) is 116 Å². The molecular formula is C28H40FNO. The van der Waals surface area contributed by atoms with E-state index in [0.717, 1.165) is 41.2 Å². The van der Waals surface area contributed by atoms with Gasteiger partial charge in [-0.15, -0.1) is 0 Å². The molecule has 0 amide bonds. The van der Waals surface area contributed by atoms with Crippen molar-refractivity contribution in [2.24, 2.45) is 52.8 Å². The van der Waals surface area contributed by atoms with Gasteiger partial charge in [-0.1, -0.05) is 27.2 Å². The Hall–Kier alpha value is -1.38. The molecule has 1 aromatic rings. The number of hydrogen-bond donors (Lipinski definition) is 1. The standard InChI is InChI=1S/C28H40FNO/c1-17-4-10-22-19(14-17)5-11-24-23(22)12-13-28(3)25(24)15-18(2)27(28)26(31)16-30-21-8-6-20(29)7-9-21/h6-9,17-19,22-25,27,30H,4-5,10-16H2,1-3H3. The molecule has 4 aliphatic rings. The van der Waals surface area contributed by atoms with Crippen LogP contribution >= 0.6 is 0 Å². The lowest BCUT2D eigenvalue weighted by atomic mass is 9.49. The van der Waals surface area contributed by atoms with Crippen LogP contribution in [0.4, 0.5) is 10.1 Å². The molecule has 31 heavy (non-hydrogen) atoms. The van der Waals surface area contributed by atoms with Crippen LogP contribution in [0.1, 0.15) is 72.1 Å². The molecule has 4 fully saturated rings. The quantitative estimate of drug-likeness (QED) is 0.565. The minimum atomic E-state index is -0.240. The van der Waals surface area contributed by atoms with E-state index in [4.69, 9.17) is 0 Å². The predicted molar refractivity (Wildman–Crippen MR) is 124 cm³/mol. The Morgan fingerprint density at radius 2 is 1.74 bits per heavy atom. The summed E-state index contributed by atoms with van der Waals surface area (Å²) in [6, 6.07) is 6.34. The third-order valence-electron chi connectivity index (χ3n) is 10.2. The van der Waals surface area contributed by atoms with Gasteiger partial charge in [-0.25, -0.2) is 4.39 Å². The number of fused-ring (bicyclic) bond motifs is 5. The second kappa shape index (κ2) is 8.19. The van der Waals surface area contributed by atoms with Gasteiger partial charge in [0.25, 0.3) is 0 Å². The van der Waals surface area contributed by atoms with E-state index in [1.54, 1.807) is 12.1 Å². The lowest BCUT2D eigenvalue weighted by Gasteiger charge is -2.56. The Labute approximate surface area is 187 Å². The number of nitrogens with one attached hydrogen (secondary N) is 1. The third-order valence-corrected chi connectivity index (χ3v) is 10.2. The highest BCUT2D eigenvalue weighted by molar-refractivity contribution is 5.86. The second-order valence-corrected chi connectivity index (χ2v) is 11.9.